The van der Waals surface area contributed by atoms with Crippen LogP contribution in [0.3, 0.4) is 0 Å². The molecule has 1 unspecified atom stereocenters. The molecule has 2 aromatic rings. The lowest BCUT2D eigenvalue weighted by Crippen LogP contribution is -2.15. The fraction of sp³-hybridized carbons (Fsp3) is 0.417. The highest BCUT2D eigenvalue weighted by Crippen LogP contribution is 2.24. The number of oxazole rings is 1. The summed E-state index contributed by atoms with van der Waals surface area (Å²) in [6.45, 7) is 2.03. The van der Waals surface area contributed by atoms with E-state index >= 15 is 0 Å². The minimum atomic E-state index is 0.279. The maximum Gasteiger partial charge on any atom is 0.236 e. The van der Waals surface area contributed by atoms with Crippen molar-refractivity contribution in [2.75, 3.05) is 5.75 Å². The Bertz CT molecular complexity index is 437. The summed E-state index contributed by atoms with van der Waals surface area (Å²) in [5.74, 6) is 2.68. The highest BCUT2D eigenvalue weighted by atomic mass is 32.2. The van der Waals surface area contributed by atoms with Gasteiger partial charge in [-0.1, -0.05) is 6.07 Å². The van der Waals surface area contributed by atoms with E-state index in [0.717, 1.165) is 34.4 Å². The van der Waals surface area contributed by atoms with Gasteiger partial charge in [0.2, 0.25) is 5.89 Å². The molecule has 0 aliphatic carbocycles. The number of rotatable bonds is 6. The van der Waals surface area contributed by atoms with E-state index < -0.39 is 0 Å². The summed E-state index contributed by atoms with van der Waals surface area (Å²) in [6, 6.07) is 4.30. The third kappa shape index (κ3) is 3.87. The van der Waals surface area contributed by atoms with Crippen LogP contribution in [0.15, 0.2) is 28.2 Å². The van der Waals surface area contributed by atoms with Crippen LogP contribution in [0.25, 0.3) is 10.8 Å². The number of hydrogen-bond donors (Lipinski definition) is 1. The largest absolute Gasteiger partial charge is 0.444 e. The third-order valence-electron chi connectivity index (χ3n) is 2.25. The number of thioether (sulfide) groups is 1. The van der Waals surface area contributed by atoms with Crippen LogP contribution in [0.1, 0.15) is 19.0 Å². The zero-order valence-electron chi connectivity index (χ0n) is 9.76. The molecule has 0 saturated heterocycles. The Balaban J connectivity index is 1.83. The average molecular weight is 268 g/mol. The quantitative estimate of drug-likeness (QED) is 0.816. The molecule has 0 fully saturated rings. The van der Waals surface area contributed by atoms with Crippen molar-refractivity contribution >= 4 is 23.1 Å². The van der Waals surface area contributed by atoms with Crippen LogP contribution >= 0.6 is 23.1 Å². The summed E-state index contributed by atoms with van der Waals surface area (Å²) in [6.07, 6.45) is 2.79. The van der Waals surface area contributed by atoms with Crippen molar-refractivity contribution in [2.45, 2.75) is 25.1 Å². The summed E-state index contributed by atoms with van der Waals surface area (Å²) in [5, 5.41) is 2.02. The normalized spacial score (nSPS) is 12.8. The summed E-state index contributed by atoms with van der Waals surface area (Å²) >= 11 is 3.49. The van der Waals surface area contributed by atoms with Gasteiger partial charge in [0.15, 0.2) is 0 Å². The number of hydrogen-bond acceptors (Lipinski definition) is 5. The number of thiophene rings is 1. The molecule has 2 rings (SSSR count). The lowest BCUT2D eigenvalue weighted by molar-refractivity contribution is 0.575. The third-order valence-corrected chi connectivity index (χ3v) is 4.13. The van der Waals surface area contributed by atoms with Gasteiger partial charge in [-0.05, 0) is 30.5 Å². The van der Waals surface area contributed by atoms with E-state index in [2.05, 4.69) is 4.98 Å². The lowest BCUT2D eigenvalue weighted by atomic mass is 10.3. The molecule has 0 aliphatic rings. The van der Waals surface area contributed by atoms with E-state index in [1.54, 1.807) is 17.6 Å². The first-order valence-corrected chi connectivity index (χ1v) is 7.61. The minimum Gasteiger partial charge on any atom is -0.444 e. The Hall–Kier alpha value is -0.780. The van der Waals surface area contributed by atoms with Gasteiger partial charge in [0, 0.05) is 11.8 Å². The van der Waals surface area contributed by atoms with Gasteiger partial charge < -0.3 is 10.2 Å². The van der Waals surface area contributed by atoms with Gasteiger partial charge in [-0.3, -0.25) is 0 Å². The predicted molar refractivity (Wildman–Crippen MR) is 74.2 cm³/mol. The SMILES string of the molecule is CC(N)CCSCc1coc(-c2cccs2)n1. The van der Waals surface area contributed by atoms with Crippen molar-refractivity contribution in [2.24, 2.45) is 5.73 Å². The Morgan fingerprint density at radius 2 is 2.47 bits per heavy atom. The molecule has 0 radical (unpaired) electrons. The van der Waals surface area contributed by atoms with Crippen LogP contribution in [0, 0.1) is 0 Å². The van der Waals surface area contributed by atoms with Gasteiger partial charge in [0.1, 0.15) is 6.26 Å². The summed E-state index contributed by atoms with van der Waals surface area (Å²) < 4.78 is 5.45. The van der Waals surface area contributed by atoms with E-state index in [-0.39, 0.29) is 6.04 Å². The zero-order valence-corrected chi connectivity index (χ0v) is 11.4. The monoisotopic (exact) mass is 268 g/mol. The molecule has 2 aromatic heterocycles. The molecule has 0 saturated carbocycles. The number of nitrogens with zero attached hydrogens (tertiary/aromatic N) is 1. The van der Waals surface area contributed by atoms with E-state index in [1.165, 1.54) is 0 Å². The summed E-state index contributed by atoms with van der Waals surface area (Å²) in [4.78, 5) is 5.54. The highest BCUT2D eigenvalue weighted by Gasteiger charge is 2.07. The van der Waals surface area contributed by atoms with Crippen LogP contribution in [-0.4, -0.2) is 16.8 Å². The molecular weight excluding hydrogens is 252 g/mol. The molecule has 1 atom stereocenters. The smallest absolute Gasteiger partial charge is 0.236 e. The highest BCUT2D eigenvalue weighted by molar-refractivity contribution is 7.98. The Morgan fingerprint density at radius 3 is 3.18 bits per heavy atom. The zero-order chi connectivity index (χ0) is 12.1. The molecule has 0 aromatic carbocycles. The number of nitrogens with two attached hydrogens (primary N) is 1. The van der Waals surface area contributed by atoms with Gasteiger partial charge in [-0.15, -0.1) is 11.3 Å². The van der Waals surface area contributed by atoms with Crippen LogP contribution in [-0.2, 0) is 5.75 Å². The predicted octanol–water partition coefficient (Wildman–Crippen LogP) is 3.37. The van der Waals surface area contributed by atoms with Crippen molar-refractivity contribution in [3.05, 3.63) is 29.5 Å². The average Bonchev–Trinajstić information content (AvgIpc) is 2.94. The molecule has 0 amide bonds. The van der Waals surface area contributed by atoms with E-state index in [1.807, 2.05) is 36.2 Å². The molecule has 17 heavy (non-hydrogen) atoms. The fourth-order valence-electron chi connectivity index (χ4n) is 1.33. The second-order valence-corrected chi connectivity index (χ2v) is 5.99. The van der Waals surface area contributed by atoms with E-state index in [4.69, 9.17) is 10.2 Å². The van der Waals surface area contributed by atoms with Crippen molar-refractivity contribution in [1.29, 1.82) is 0 Å². The fourth-order valence-corrected chi connectivity index (χ4v) is 3.01. The Kier molecular flexibility index (Phi) is 4.65. The Morgan fingerprint density at radius 1 is 1.59 bits per heavy atom. The first-order valence-electron chi connectivity index (χ1n) is 5.57. The van der Waals surface area contributed by atoms with Crippen LogP contribution in [0.4, 0.5) is 0 Å². The molecular formula is C12H16N2OS2. The van der Waals surface area contributed by atoms with Crippen LogP contribution in [0.2, 0.25) is 0 Å². The summed E-state index contributed by atoms with van der Waals surface area (Å²) in [5.41, 5.74) is 6.70. The second kappa shape index (κ2) is 6.23. The molecule has 2 N–H and O–H groups in total. The molecule has 0 aliphatic heterocycles. The van der Waals surface area contributed by atoms with Crippen LogP contribution < -0.4 is 5.73 Å². The second-order valence-electron chi connectivity index (χ2n) is 3.94. The molecule has 3 nitrogen and oxygen atoms in total. The van der Waals surface area contributed by atoms with E-state index in [0.29, 0.717) is 0 Å². The molecule has 2 heterocycles. The molecule has 0 spiro atoms. The van der Waals surface area contributed by atoms with Crippen molar-refractivity contribution in [1.82, 2.24) is 4.98 Å². The maximum atomic E-state index is 5.69. The number of aromatic nitrogens is 1. The minimum absolute atomic E-state index is 0.279. The van der Waals surface area contributed by atoms with E-state index in [9.17, 15) is 0 Å². The van der Waals surface area contributed by atoms with Crippen LogP contribution in [0.5, 0.6) is 0 Å². The van der Waals surface area contributed by atoms with Gasteiger partial charge in [0.25, 0.3) is 0 Å². The lowest BCUT2D eigenvalue weighted by Gasteiger charge is -2.02. The first kappa shape index (κ1) is 12.7. The van der Waals surface area contributed by atoms with Gasteiger partial charge in [-0.25, -0.2) is 4.98 Å². The maximum absolute atomic E-state index is 5.69. The topological polar surface area (TPSA) is 52.0 Å². The van der Waals surface area contributed by atoms with Gasteiger partial charge in [-0.2, -0.15) is 11.8 Å². The first-order chi connectivity index (χ1) is 8.25. The Labute approximate surface area is 109 Å². The van der Waals surface area contributed by atoms with Gasteiger partial charge >= 0.3 is 0 Å². The van der Waals surface area contributed by atoms with Crippen molar-refractivity contribution in [3.8, 4) is 10.8 Å². The molecule has 92 valence electrons. The summed E-state index contributed by atoms with van der Waals surface area (Å²) in [7, 11) is 0. The van der Waals surface area contributed by atoms with Crippen molar-refractivity contribution in [3.63, 3.8) is 0 Å². The van der Waals surface area contributed by atoms with Gasteiger partial charge in [0.05, 0.1) is 10.6 Å². The standard InChI is InChI=1S/C12H16N2OS2/c1-9(13)4-6-16-8-10-7-15-12(14-10)11-3-2-5-17-11/h2-3,5,7,9H,4,6,8,13H2,1H3. The molecule has 5 heteroatoms. The van der Waals surface area contributed by atoms with Crippen molar-refractivity contribution < 1.29 is 4.42 Å². The molecule has 0 bridgehead atoms.